The normalized spacial score (nSPS) is 21.1. The van der Waals surface area contributed by atoms with Gasteiger partial charge in [-0.1, -0.05) is 17.7 Å². The number of pyridine rings is 1. The predicted octanol–water partition coefficient (Wildman–Crippen LogP) is 8.20. The first-order valence-corrected chi connectivity index (χ1v) is 17.6. The number of nitrogens with one attached hydrogen (secondary N) is 3. The summed E-state index contributed by atoms with van der Waals surface area (Å²) >= 11 is 6.42. The molecule has 0 atom stereocenters. The molecule has 2 amide bonds. The molecule has 290 valence electrons. The van der Waals surface area contributed by atoms with E-state index in [1.165, 1.54) is 22.8 Å². The number of benzene rings is 1. The summed E-state index contributed by atoms with van der Waals surface area (Å²) in [4.78, 5) is 36.8. The van der Waals surface area contributed by atoms with Crippen molar-refractivity contribution in [3.05, 3.63) is 40.4 Å². The molecule has 0 radical (unpaired) electrons. The van der Waals surface area contributed by atoms with Gasteiger partial charge in [-0.25, -0.2) is 9.97 Å². The predicted molar refractivity (Wildman–Crippen MR) is 178 cm³/mol. The zero-order valence-corrected chi connectivity index (χ0v) is 29.2. The van der Waals surface area contributed by atoms with E-state index in [4.69, 9.17) is 11.6 Å². The van der Waals surface area contributed by atoms with Gasteiger partial charge in [0.05, 0.1) is 28.1 Å². The number of anilines is 3. The van der Waals surface area contributed by atoms with Crippen LogP contribution in [0.4, 0.5) is 57.0 Å². The molecule has 6 rings (SSSR count). The maximum Gasteiger partial charge on any atom is 0.403 e. The summed E-state index contributed by atoms with van der Waals surface area (Å²) in [5, 5.41) is 8.39. The Hall–Kier alpha value is -3.96. The molecule has 2 saturated carbocycles. The average molecular weight is 782 g/mol. The second-order valence-electron chi connectivity index (χ2n) is 14.2. The number of aromatic nitrogens is 3. The molecule has 0 unspecified atom stereocenters. The minimum Gasteiger partial charge on any atom is -0.356 e. The van der Waals surface area contributed by atoms with Crippen molar-refractivity contribution in [2.24, 2.45) is 30.2 Å². The fraction of sp³-hybridized carbons (Fsp3) is 0.588. The Bertz CT molecular complexity index is 1840. The molecule has 1 aromatic carbocycles. The molecule has 53 heavy (non-hydrogen) atoms. The SMILES string of the molecule is Cn1c(Nc2cc(CNC(=O)C3(C(F)(F)F)CC3)ccc2Cl)nc2cc(C(=O)NCC3CCC(C(F)(F)F)CC3)c(N3CCC(C(F)(F)F)CC3)nc21. The Morgan fingerprint density at radius 3 is 2.08 bits per heavy atom. The lowest BCUT2D eigenvalue weighted by Gasteiger charge is -2.34. The van der Waals surface area contributed by atoms with Crippen LogP contribution in [0.2, 0.25) is 5.02 Å². The largest absolute Gasteiger partial charge is 0.403 e. The highest BCUT2D eigenvalue weighted by molar-refractivity contribution is 6.33. The van der Waals surface area contributed by atoms with Crippen LogP contribution in [0.3, 0.4) is 0 Å². The summed E-state index contributed by atoms with van der Waals surface area (Å²) in [6.45, 7) is -0.158. The third-order valence-corrected chi connectivity index (χ3v) is 11.0. The number of hydrogen-bond acceptors (Lipinski definition) is 6. The van der Waals surface area contributed by atoms with Gasteiger partial charge >= 0.3 is 18.5 Å². The lowest BCUT2D eigenvalue weighted by molar-refractivity contribution is -0.192. The number of alkyl halides is 9. The van der Waals surface area contributed by atoms with Gasteiger partial charge in [0.2, 0.25) is 11.9 Å². The molecule has 3 aromatic rings. The highest BCUT2D eigenvalue weighted by Crippen LogP contribution is 2.57. The number of amides is 2. The van der Waals surface area contributed by atoms with E-state index in [-0.39, 0.29) is 117 Å². The first-order valence-electron chi connectivity index (χ1n) is 17.2. The van der Waals surface area contributed by atoms with Crippen molar-refractivity contribution in [3.63, 3.8) is 0 Å². The van der Waals surface area contributed by atoms with Crippen LogP contribution in [0.1, 0.15) is 67.3 Å². The minimum absolute atomic E-state index is 0.0313. The maximum atomic E-state index is 13.6. The van der Waals surface area contributed by atoms with Crippen molar-refractivity contribution in [3.8, 4) is 0 Å². The van der Waals surface area contributed by atoms with E-state index in [0.717, 1.165) is 0 Å². The monoisotopic (exact) mass is 781 g/mol. The minimum atomic E-state index is -4.66. The number of hydrogen-bond donors (Lipinski definition) is 3. The van der Waals surface area contributed by atoms with E-state index in [1.54, 1.807) is 18.0 Å². The van der Waals surface area contributed by atoms with E-state index in [2.05, 4.69) is 25.9 Å². The van der Waals surface area contributed by atoms with Gasteiger partial charge in [-0.2, -0.15) is 39.5 Å². The number of rotatable bonds is 9. The first-order chi connectivity index (χ1) is 24.8. The van der Waals surface area contributed by atoms with Crippen LogP contribution in [0.5, 0.6) is 0 Å². The molecule has 1 aliphatic heterocycles. The molecule has 19 heteroatoms. The van der Waals surface area contributed by atoms with Crippen LogP contribution in [0, 0.1) is 23.2 Å². The summed E-state index contributed by atoms with van der Waals surface area (Å²) in [6.07, 6.45) is -13.8. The third kappa shape index (κ3) is 8.26. The highest BCUT2D eigenvalue weighted by atomic mass is 35.5. The number of aryl methyl sites for hydroxylation is 1. The number of nitrogens with zero attached hydrogens (tertiary/aromatic N) is 4. The van der Waals surface area contributed by atoms with Gasteiger partial charge in [0.25, 0.3) is 5.91 Å². The maximum absolute atomic E-state index is 13.6. The zero-order chi connectivity index (χ0) is 38.5. The van der Waals surface area contributed by atoms with E-state index >= 15 is 0 Å². The van der Waals surface area contributed by atoms with E-state index < -0.39 is 47.6 Å². The van der Waals surface area contributed by atoms with Gasteiger partial charge in [-0.05, 0) is 81.0 Å². The Morgan fingerprint density at radius 1 is 0.868 bits per heavy atom. The van der Waals surface area contributed by atoms with E-state index in [9.17, 15) is 49.1 Å². The fourth-order valence-electron chi connectivity index (χ4n) is 7.08. The van der Waals surface area contributed by atoms with Gasteiger partial charge in [-0.15, -0.1) is 0 Å². The Morgan fingerprint density at radius 2 is 1.49 bits per heavy atom. The first kappa shape index (κ1) is 38.8. The summed E-state index contributed by atoms with van der Waals surface area (Å²) in [5.74, 6) is -4.45. The van der Waals surface area contributed by atoms with E-state index in [0.29, 0.717) is 11.3 Å². The topological polar surface area (TPSA) is 104 Å². The standard InChI is InChI=1S/C34H37ClF9N7O2/c1-50-27-25(48-30(50)47-24-14-19(4-7-23(24)35)17-46-29(53)31(10-11-31)34(42,43)44)15-22(26(49-27)51-12-8-21(9-13-51)33(39,40)41)28(52)45-16-18-2-5-20(6-3-18)32(36,37)38/h4,7,14-15,18,20-21H,2-3,5-6,8-13,16-17H2,1H3,(H,45,52)(H,46,53)(H,47,48). The van der Waals surface area contributed by atoms with Crippen LogP contribution < -0.4 is 20.9 Å². The Labute approximate surface area is 303 Å². The van der Waals surface area contributed by atoms with E-state index in [1.807, 2.05) is 0 Å². The molecule has 0 spiro atoms. The van der Waals surface area contributed by atoms with Crippen LogP contribution >= 0.6 is 11.6 Å². The van der Waals surface area contributed by atoms with Crippen molar-refractivity contribution in [2.75, 3.05) is 29.9 Å². The molecule has 2 aliphatic carbocycles. The molecule has 3 N–H and O–H groups in total. The number of piperidine rings is 1. The molecule has 0 bridgehead atoms. The molecular weight excluding hydrogens is 745 g/mol. The van der Waals surface area contributed by atoms with Crippen LogP contribution in [0.25, 0.3) is 11.2 Å². The Balaban J connectivity index is 1.22. The highest BCUT2D eigenvalue weighted by Gasteiger charge is 2.68. The summed E-state index contributed by atoms with van der Waals surface area (Å²) in [7, 11) is 1.60. The second kappa shape index (κ2) is 14.4. The number of carbonyl (C=O) groups excluding carboxylic acids is 2. The van der Waals surface area contributed by atoms with Gasteiger partial charge in [0.15, 0.2) is 5.65 Å². The lowest BCUT2D eigenvalue weighted by atomic mass is 9.81. The van der Waals surface area contributed by atoms with Gasteiger partial charge in [-0.3, -0.25) is 14.2 Å². The van der Waals surface area contributed by atoms with Crippen molar-refractivity contribution < 1.29 is 49.1 Å². The van der Waals surface area contributed by atoms with Gasteiger partial charge in [0, 0.05) is 33.2 Å². The molecule has 3 heterocycles. The van der Waals surface area contributed by atoms with Crippen molar-refractivity contribution in [1.82, 2.24) is 25.2 Å². The van der Waals surface area contributed by atoms with Crippen LogP contribution in [-0.2, 0) is 18.4 Å². The smallest absolute Gasteiger partial charge is 0.356 e. The Kier molecular flexibility index (Phi) is 10.5. The van der Waals surface area contributed by atoms with Crippen LogP contribution in [0.15, 0.2) is 24.3 Å². The molecule has 9 nitrogen and oxygen atoms in total. The van der Waals surface area contributed by atoms with Crippen molar-refractivity contribution in [1.29, 1.82) is 0 Å². The molecule has 2 aromatic heterocycles. The molecule has 1 saturated heterocycles. The summed E-state index contributed by atoms with van der Waals surface area (Å²) in [5.41, 5.74) is -1.10. The summed E-state index contributed by atoms with van der Waals surface area (Å²) in [6, 6.07) is 6.01. The van der Waals surface area contributed by atoms with Gasteiger partial charge < -0.3 is 20.9 Å². The van der Waals surface area contributed by atoms with Crippen LogP contribution in [-0.4, -0.2) is 64.5 Å². The summed E-state index contributed by atoms with van der Waals surface area (Å²) < 4.78 is 122. The lowest BCUT2D eigenvalue weighted by Crippen LogP contribution is -2.41. The third-order valence-electron chi connectivity index (χ3n) is 10.6. The van der Waals surface area contributed by atoms with Crippen molar-refractivity contribution >= 4 is 52.0 Å². The molecular formula is C34H37ClF9N7O2. The fourth-order valence-corrected chi connectivity index (χ4v) is 7.25. The quantitative estimate of drug-likeness (QED) is 0.189. The molecule has 3 aliphatic rings. The average Bonchev–Trinajstić information content (AvgIpc) is 3.87. The molecule has 3 fully saturated rings. The van der Waals surface area contributed by atoms with Gasteiger partial charge in [0.1, 0.15) is 16.7 Å². The zero-order valence-electron chi connectivity index (χ0n) is 28.4. The van der Waals surface area contributed by atoms with Crippen molar-refractivity contribution in [2.45, 2.75) is 76.4 Å². The number of halogens is 10. The number of imidazole rings is 1. The number of fused-ring (bicyclic) bond motifs is 1. The number of carbonyl (C=O) groups is 2. The second-order valence-corrected chi connectivity index (χ2v) is 14.6.